The molecule has 1 aliphatic heterocycles. The van der Waals surface area contributed by atoms with Crippen molar-refractivity contribution in [3.05, 3.63) is 29.3 Å². The molecule has 0 saturated carbocycles. The molecule has 3 heteroatoms. The fourth-order valence-corrected chi connectivity index (χ4v) is 3.35. The van der Waals surface area contributed by atoms with E-state index in [1.165, 1.54) is 36.2 Å². The third kappa shape index (κ3) is 2.77. The van der Waals surface area contributed by atoms with Crippen LogP contribution in [-0.4, -0.2) is 44.2 Å². The van der Waals surface area contributed by atoms with E-state index in [0.29, 0.717) is 6.54 Å². The van der Waals surface area contributed by atoms with Crippen LogP contribution in [0.1, 0.15) is 24.0 Å². The summed E-state index contributed by atoms with van der Waals surface area (Å²) in [5, 5.41) is 0. The Balaban J connectivity index is 2.32. The fourth-order valence-electron chi connectivity index (χ4n) is 3.35. The predicted molar refractivity (Wildman–Crippen MR) is 82.8 cm³/mol. The van der Waals surface area contributed by atoms with E-state index < -0.39 is 0 Å². The van der Waals surface area contributed by atoms with Crippen molar-refractivity contribution in [3.8, 4) is 0 Å². The summed E-state index contributed by atoms with van der Waals surface area (Å²) in [7, 11) is 4.39. The number of nitrogens with two attached hydrogens (primary N) is 1. The number of aryl methyl sites for hydroxylation is 2. The zero-order chi connectivity index (χ0) is 14.0. The molecule has 1 aromatic rings. The quantitative estimate of drug-likeness (QED) is 0.905. The molecule has 1 atom stereocenters. The molecule has 3 nitrogen and oxygen atoms in total. The molecule has 1 saturated heterocycles. The van der Waals surface area contributed by atoms with Crippen molar-refractivity contribution in [1.82, 2.24) is 4.90 Å². The first kappa shape index (κ1) is 14.4. The Morgan fingerprint density at radius 1 is 1.37 bits per heavy atom. The average molecular weight is 261 g/mol. The van der Waals surface area contributed by atoms with Crippen LogP contribution >= 0.6 is 0 Å². The largest absolute Gasteiger partial charge is 0.366 e. The molecule has 1 aromatic carbocycles. The molecule has 0 aromatic heterocycles. The van der Waals surface area contributed by atoms with Crippen LogP contribution in [0.3, 0.4) is 0 Å². The van der Waals surface area contributed by atoms with E-state index in [1.807, 2.05) is 0 Å². The topological polar surface area (TPSA) is 32.5 Å². The summed E-state index contributed by atoms with van der Waals surface area (Å²) in [4.78, 5) is 4.81. The number of rotatable bonds is 3. The standard InChI is InChI=1S/C16H27N3/c1-13-6-7-15(14(2)10-13)19(4)16(11-17)8-5-9-18(3)12-16/h6-7,10H,5,8-9,11-12,17H2,1-4H3. The van der Waals surface area contributed by atoms with Crippen LogP contribution in [-0.2, 0) is 0 Å². The summed E-state index contributed by atoms with van der Waals surface area (Å²) < 4.78 is 0. The summed E-state index contributed by atoms with van der Waals surface area (Å²) >= 11 is 0. The van der Waals surface area contributed by atoms with E-state index in [9.17, 15) is 0 Å². The van der Waals surface area contributed by atoms with Crippen LogP contribution in [0.2, 0.25) is 0 Å². The van der Waals surface area contributed by atoms with Crippen molar-refractivity contribution >= 4 is 5.69 Å². The summed E-state index contributed by atoms with van der Waals surface area (Å²) in [6, 6.07) is 6.68. The van der Waals surface area contributed by atoms with Gasteiger partial charge in [0, 0.05) is 25.8 Å². The highest BCUT2D eigenvalue weighted by Gasteiger charge is 2.37. The fraction of sp³-hybridized carbons (Fsp3) is 0.625. The van der Waals surface area contributed by atoms with Crippen molar-refractivity contribution < 1.29 is 0 Å². The molecule has 19 heavy (non-hydrogen) atoms. The summed E-state index contributed by atoms with van der Waals surface area (Å²) in [5.74, 6) is 0. The van der Waals surface area contributed by atoms with E-state index in [-0.39, 0.29) is 5.54 Å². The number of likely N-dealkylation sites (N-methyl/N-ethyl adjacent to an activating group) is 2. The molecule has 1 heterocycles. The minimum atomic E-state index is 0.0764. The normalized spacial score (nSPS) is 24.5. The number of nitrogens with zero attached hydrogens (tertiary/aromatic N) is 2. The Hall–Kier alpha value is -1.06. The molecule has 2 N–H and O–H groups in total. The lowest BCUT2D eigenvalue weighted by Gasteiger charge is -2.48. The Bertz CT molecular complexity index is 444. The van der Waals surface area contributed by atoms with E-state index in [1.54, 1.807) is 0 Å². The number of likely N-dealkylation sites (tertiary alicyclic amines) is 1. The zero-order valence-electron chi connectivity index (χ0n) is 12.7. The van der Waals surface area contributed by atoms with E-state index >= 15 is 0 Å². The second kappa shape index (κ2) is 5.51. The van der Waals surface area contributed by atoms with Gasteiger partial charge in [0.1, 0.15) is 0 Å². The smallest absolute Gasteiger partial charge is 0.0647 e. The van der Waals surface area contributed by atoms with Gasteiger partial charge in [-0.25, -0.2) is 0 Å². The van der Waals surface area contributed by atoms with Crippen LogP contribution in [0.5, 0.6) is 0 Å². The maximum absolute atomic E-state index is 6.15. The van der Waals surface area contributed by atoms with Crippen LogP contribution < -0.4 is 10.6 Å². The third-order valence-corrected chi connectivity index (χ3v) is 4.55. The molecule has 0 spiro atoms. The van der Waals surface area contributed by atoms with Crippen molar-refractivity contribution in [2.45, 2.75) is 32.2 Å². The molecule has 0 radical (unpaired) electrons. The van der Waals surface area contributed by atoms with Crippen molar-refractivity contribution in [3.63, 3.8) is 0 Å². The number of piperidine rings is 1. The van der Waals surface area contributed by atoms with Gasteiger partial charge < -0.3 is 15.5 Å². The highest BCUT2D eigenvalue weighted by molar-refractivity contribution is 5.56. The van der Waals surface area contributed by atoms with Gasteiger partial charge in [0.15, 0.2) is 0 Å². The van der Waals surface area contributed by atoms with E-state index in [0.717, 1.165) is 6.54 Å². The lowest BCUT2D eigenvalue weighted by atomic mass is 9.86. The first-order chi connectivity index (χ1) is 8.98. The predicted octanol–water partition coefficient (Wildman–Crippen LogP) is 2.16. The molecule has 106 valence electrons. The molecule has 1 fully saturated rings. The van der Waals surface area contributed by atoms with Gasteiger partial charge in [-0.1, -0.05) is 17.7 Å². The van der Waals surface area contributed by atoms with Gasteiger partial charge in [-0.3, -0.25) is 0 Å². The molecule has 0 amide bonds. The van der Waals surface area contributed by atoms with Crippen molar-refractivity contribution in [2.75, 3.05) is 38.6 Å². The third-order valence-electron chi connectivity index (χ3n) is 4.55. The number of benzene rings is 1. The number of hydrogen-bond donors (Lipinski definition) is 1. The highest BCUT2D eigenvalue weighted by Crippen LogP contribution is 2.32. The van der Waals surface area contributed by atoms with Gasteiger partial charge >= 0.3 is 0 Å². The first-order valence-electron chi connectivity index (χ1n) is 7.18. The Morgan fingerprint density at radius 3 is 2.68 bits per heavy atom. The molecule has 2 rings (SSSR count). The minimum absolute atomic E-state index is 0.0764. The average Bonchev–Trinajstić information content (AvgIpc) is 2.38. The monoisotopic (exact) mass is 261 g/mol. The highest BCUT2D eigenvalue weighted by atomic mass is 15.3. The van der Waals surface area contributed by atoms with Gasteiger partial charge in [0.2, 0.25) is 0 Å². The molecular weight excluding hydrogens is 234 g/mol. The van der Waals surface area contributed by atoms with Crippen LogP contribution in [0.4, 0.5) is 5.69 Å². The molecule has 1 aliphatic rings. The Kier molecular flexibility index (Phi) is 4.16. The number of hydrogen-bond acceptors (Lipinski definition) is 3. The van der Waals surface area contributed by atoms with Gasteiger partial charge in [-0.05, 0) is 51.9 Å². The van der Waals surface area contributed by atoms with Crippen molar-refractivity contribution in [2.24, 2.45) is 5.73 Å². The Morgan fingerprint density at radius 2 is 2.11 bits per heavy atom. The summed E-state index contributed by atoms with van der Waals surface area (Å²) in [6.45, 7) is 7.27. The van der Waals surface area contributed by atoms with Crippen molar-refractivity contribution in [1.29, 1.82) is 0 Å². The molecule has 0 aliphatic carbocycles. The van der Waals surface area contributed by atoms with Gasteiger partial charge in [0.05, 0.1) is 5.54 Å². The summed E-state index contributed by atoms with van der Waals surface area (Å²) in [6.07, 6.45) is 2.40. The van der Waals surface area contributed by atoms with Crippen LogP contribution in [0, 0.1) is 13.8 Å². The second-order valence-corrected chi connectivity index (χ2v) is 6.12. The Labute approximate surface area is 117 Å². The van der Waals surface area contributed by atoms with E-state index in [4.69, 9.17) is 5.73 Å². The van der Waals surface area contributed by atoms with Gasteiger partial charge in [-0.2, -0.15) is 0 Å². The second-order valence-electron chi connectivity index (χ2n) is 6.12. The lowest BCUT2D eigenvalue weighted by molar-refractivity contribution is 0.178. The number of anilines is 1. The van der Waals surface area contributed by atoms with Gasteiger partial charge in [0.25, 0.3) is 0 Å². The zero-order valence-corrected chi connectivity index (χ0v) is 12.7. The SMILES string of the molecule is Cc1ccc(N(C)C2(CN)CCCN(C)C2)c(C)c1. The van der Waals surface area contributed by atoms with E-state index in [2.05, 4.69) is 55.9 Å². The minimum Gasteiger partial charge on any atom is -0.366 e. The molecular formula is C16H27N3. The van der Waals surface area contributed by atoms with Gasteiger partial charge in [-0.15, -0.1) is 0 Å². The lowest BCUT2D eigenvalue weighted by Crippen LogP contribution is -2.61. The maximum atomic E-state index is 6.15. The molecule has 1 unspecified atom stereocenters. The van der Waals surface area contributed by atoms with Crippen LogP contribution in [0.25, 0.3) is 0 Å². The van der Waals surface area contributed by atoms with Crippen LogP contribution in [0.15, 0.2) is 18.2 Å². The summed E-state index contributed by atoms with van der Waals surface area (Å²) in [5.41, 5.74) is 10.2. The molecule has 0 bridgehead atoms. The first-order valence-corrected chi connectivity index (χ1v) is 7.18. The maximum Gasteiger partial charge on any atom is 0.0647 e.